The zero-order chi connectivity index (χ0) is 40.4. The van der Waals surface area contributed by atoms with Gasteiger partial charge in [-0.2, -0.15) is 4.99 Å². The molecule has 0 saturated carbocycles. The number of nitrogens with zero attached hydrogens (tertiary/aromatic N) is 6. The molecule has 0 bridgehead atoms. The van der Waals surface area contributed by atoms with E-state index in [4.69, 9.17) is 31.1 Å². The van der Waals surface area contributed by atoms with E-state index in [0.29, 0.717) is 39.5 Å². The van der Waals surface area contributed by atoms with Crippen molar-refractivity contribution in [1.82, 2.24) is 20.2 Å². The van der Waals surface area contributed by atoms with Gasteiger partial charge in [-0.25, -0.2) is 4.48 Å². The van der Waals surface area contributed by atoms with Gasteiger partial charge in [0, 0.05) is 35.4 Å². The number of amidine groups is 1. The third-order valence-corrected chi connectivity index (χ3v) is 11.5. The highest BCUT2D eigenvalue weighted by Gasteiger charge is 2.46. The Morgan fingerprint density at radius 2 is 1.45 bits per heavy atom. The molecule has 58 heavy (non-hydrogen) atoms. The molecule has 8 rings (SSSR count). The number of hydrogen-bond acceptors (Lipinski definition) is 9. The number of benzene rings is 5. The van der Waals surface area contributed by atoms with Gasteiger partial charge in [0.1, 0.15) is 37.0 Å². The molecule has 2 aromatic heterocycles. The van der Waals surface area contributed by atoms with Crippen LogP contribution in [0.3, 0.4) is 0 Å². The van der Waals surface area contributed by atoms with Crippen LogP contribution < -0.4 is 5.11 Å². The Bertz CT molecular complexity index is 2620. The molecule has 0 N–H and O–H groups in total. The third kappa shape index (κ3) is 6.72. The maximum atomic E-state index is 12.5. The van der Waals surface area contributed by atoms with E-state index in [1.54, 1.807) is 4.80 Å². The lowest BCUT2D eigenvalue weighted by Crippen LogP contribution is -2.55. The molecule has 0 fully saturated rings. The summed E-state index contributed by atoms with van der Waals surface area (Å²) in [5.41, 5.74) is 4.56. The van der Waals surface area contributed by atoms with Crippen LogP contribution in [0.25, 0.3) is 33.7 Å². The number of hydrogen-bond donors (Lipinski definition) is 0. The maximum Gasteiger partial charge on any atom is 0.302 e. The van der Waals surface area contributed by atoms with Gasteiger partial charge in [-0.15, -0.1) is 15.0 Å². The number of rotatable bonds is 13. The first-order chi connectivity index (χ1) is 28.2. The van der Waals surface area contributed by atoms with Crippen LogP contribution in [-0.2, 0) is 26.4 Å². The molecule has 0 aliphatic carbocycles. The average Bonchev–Trinajstić information content (AvgIpc) is 3.93. The molecule has 7 aromatic rings. The largest absolute Gasteiger partial charge is 0.540 e. The number of aliphatic carboxylic acids is 1. The van der Waals surface area contributed by atoms with Gasteiger partial charge in [0.15, 0.2) is 16.4 Å². The number of esters is 1. The number of aliphatic imine (C=N–C) groups is 1. The number of halogens is 2. The number of aromatic nitrogens is 4. The van der Waals surface area contributed by atoms with E-state index in [-0.39, 0.29) is 35.0 Å². The number of fused-ring (bicyclic) bond motifs is 1. The molecule has 3 heterocycles. The monoisotopic (exact) mass is 854 g/mol. The lowest BCUT2D eigenvalue weighted by molar-refractivity contribution is -0.813. The highest BCUT2D eigenvalue weighted by molar-refractivity contribution is 9.10. The van der Waals surface area contributed by atoms with Crippen LogP contribution in [0.2, 0.25) is 0 Å². The van der Waals surface area contributed by atoms with Crippen LogP contribution >= 0.6 is 27.5 Å². The van der Waals surface area contributed by atoms with Crippen molar-refractivity contribution in [3.8, 4) is 22.7 Å². The topological polar surface area (TPSA) is 136 Å². The molecule has 1 aliphatic rings. The number of carboxylic acid groups (broad SMARTS) is 1. The van der Waals surface area contributed by atoms with Gasteiger partial charge in [0.05, 0.1) is 4.47 Å². The first-order valence-corrected chi connectivity index (χ1v) is 19.8. The second-order valence-corrected chi connectivity index (χ2v) is 15.0. The van der Waals surface area contributed by atoms with Gasteiger partial charge in [-0.1, -0.05) is 134 Å². The summed E-state index contributed by atoms with van der Waals surface area (Å²) in [5, 5.41) is 27.7. The quantitative estimate of drug-likeness (QED) is 0.0490. The van der Waals surface area contributed by atoms with Gasteiger partial charge in [-0.3, -0.25) is 4.79 Å². The van der Waals surface area contributed by atoms with Crippen LogP contribution in [0.1, 0.15) is 42.5 Å². The number of ether oxygens (including phenoxy) is 1. The Hall–Kier alpha value is -6.21. The average molecular weight is 856 g/mol. The van der Waals surface area contributed by atoms with Gasteiger partial charge in [0.2, 0.25) is 11.7 Å². The molecule has 5 aromatic carbocycles. The minimum Gasteiger partial charge on any atom is -0.540 e. The Kier molecular flexibility index (Phi) is 10.6. The third-order valence-electron chi connectivity index (χ3n) is 10.5. The van der Waals surface area contributed by atoms with Crippen molar-refractivity contribution < 1.29 is 28.3 Å². The number of carbonyl (C=O) groups is 2. The van der Waals surface area contributed by atoms with E-state index in [0.717, 1.165) is 33.2 Å². The number of carbonyl (C=O) groups excluding carboxylic acids is 2. The van der Waals surface area contributed by atoms with Crippen LogP contribution in [-0.4, -0.2) is 55.6 Å². The van der Waals surface area contributed by atoms with E-state index in [1.165, 1.54) is 6.92 Å². The summed E-state index contributed by atoms with van der Waals surface area (Å²) in [7, 11) is 0. The fourth-order valence-electron chi connectivity index (χ4n) is 7.97. The van der Waals surface area contributed by atoms with Crippen molar-refractivity contribution in [2.24, 2.45) is 4.99 Å². The van der Waals surface area contributed by atoms with Crippen LogP contribution in [0, 0.1) is 0 Å². The molecule has 13 heteroatoms. The smallest absolute Gasteiger partial charge is 0.302 e. The maximum absolute atomic E-state index is 12.5. The van der Waals surface area contributed by atoms with E-state index in [2.05, 4.69) is 62.4 Å². The second kappa shape index (κ2) is 16.0. The van der Waals surface area contributed by atoms with Crippen molar-refractivity contribution in [2.45, 2.75) is 32.4 Å². The van der Waals surface area contributed by atoms with E-state index < -0.39 is 17.5 Å². The lowest BCUT2D eigenvalue weighted by Gasteiger charge is -2.36. The number of tetrazole rings is 1. The zero-order valence-corrected chi connectivity index (χ0v) is 33.9. The summed E-state index contributed by atoms with van der Waals surface area (Å²) >= 11 is 10.3. The standard InChI is InChI=1S/C45H36BrClN6O5/c1-3-38-48-42(47)40(44(55)56)53(38,25-26-57-29(2)54)28-30-23-24-37-36(27-30)39(46)41(58-37)34-21-13-14-22-35(34)43-49-51-52(50-43)45(31-15-7-4-8-16-31,32-17-9-5-10-18-32)33-19-11-6-12-20-33/h4-24,27H,3,25-26,28H2,1-2H3. The first kappa shape index (κ1) is 38.7. The number of carboxylic acids is 1. The normalized spacial score (nSPS) is 15.5. The predicted octanol–water partition coefficient (Wildman–Crippen LogP) is 8.22. The molecule has 0 spiro atoms. The van der Waals surface area contributed by atoms with Gasteiger partial charge in [-0.05, 0) is 56.0 Å². The highest BCUT2D eigenvalue weighted by Crippen LogP contribution is 2.44. The van der Waals surface area contributed by atoms with E-state index >= 15 is 0 Å². The van der Waals surface area contributed by atoms with Gasteiger partial charge >= 0.3 is 5.97 Å². The first-order valence-electron chi connectivity index (χ1n) is 18.7. The minimum absolute atomic E-state index is 0.0459. The van der Waals surface area contributed by atoms with Crippen LogP contribution in [0.5, 0.6) is 0 Å². The number of quaternary nitrogens is 1. The second-order valence-electron chi connectivity index (χ2n) is 13.8. The Morgan fingerprint density at radius 3 is 2.02 bits per heavy atom. The predicted molar refractivity (Wildman–Crippen MR) is 222 cm³/mol. The fourth-order valence-corrected chi connectivity index (χ4v) is 8.91. The summed E-state index contributed by atoms with van der Waals surface area (Å²) in [6.45, 7) is 3.39. The molecular weight excluding hydrogens is 820 g/mol. The molecule has 11 nitrogen and oxygen atoms in total. The Balaban J connectivity index is 1.21. The Morgan fingerprint density at radius 1 is 0.862 bits per heavy atom. The van der Waals surface area contributed by atoms with Crippen molar-refractivity contribution in [2.75, 3.05) is 13.2 Å². The van der Waals surface area contributed by atoms with E-state index in [9.17, 15) is 14.7 Å². The lowest BCUT2D eigenvalue weighted by atomic mass is 9.77. The summed E-state index contributed by atoms with van der Waals surface area (Å²) in [4.78, 5) is 30.3. The SMILES string of the molecule is CCC1=NC(Cl)=C(C(=O)[O-])[N+]1(CCOC(C)=O)Cc1ccc2oc(-c3ccccc3-c3nnn(C(c4ccccc4)(c4ccccc4)c4ccccc4)n3)c(Br)c2c1. The van der Waals surface area contributed by atoms with E-state index in [1.807, 2.05) is 104 Å². The highest BCUT2D eigenvalue weighted by atomic mass is 79.9. The fraction of sp³-hybridized carbons (Fsp3) is 0.156. The molecule has 290 valence electrons. The van der Waals surface area contributed by atoms with Crippen LogP contribution in [0.4, 0.5) is 0 Å². The molecular formula is C45H36BrClN6O5. The summed E-state index contributed by atoms with van der Waals surface area (Å²) < 4.78 is 12.2. The Labute approximate surface area is 347 Å². The van der Waals surface area contributed by atoms with Gasteiger partial charge in [0.25, 0.3) is 0 Å². The zero-order valence-electron chi connectivity index (χ0n) is 31.5. The summed E-state index contributed by atoms with van der Waals surface area (Å²) in [6.07, 6.45) is 0.410. The number of furan rings is 1. The molecule has 0 saturated heterocycles. The van der Waals surface area contributed by atoms with Crippen molar-refractivity contribution in [3.05, 3.63) is 171 Å². The molecule has 1 unspecified atom stereocenters. The molecule has 1 aliphatic heterocycles. The summed E-state index contributed by atoms with van der Waals surface area (Å²) in [5.74, 6) is -0.450. The van der Waals surface area contributed by atoms with Crippen molar-refractivity contribution >= 4 is 56.3 Å². The van der Waals surface area contributed by atoms with Crippen molar-refractivity contribution in [1.29, 1.82) is 0 Å². The van der Waals surface area contributed by atoms with Crippen LogP contribution in [0.15, 0.2) is 158 Å². The van der Waals surface area contributed by atoms with Crippen molar-refractivity contribution in [3.63, 3.8) is 0 Å². The van der Waals surface area contributed by atoms with Gasteiger partial charge < -0.3 is 19.1 Å². The minimum atomic E-state index is -1.44. The summed E-state index contributed by atoms with van der Waals surface area (Å²) in [6, 6.07) is 43.8. The molecule has 0 amide bonds. The molecule has 0 radical (unpaired) electrons. The molecule has 1 atom stereocenters.